The number of carbonyl (C=O) groups is 2. The highest BCUT2D eigenvalue weighted by atomic mass is 35.5. The number of ether oxygens (including phenoxy) is 1. The molecule has 1 fully saturated rings. The maximum absolute atomic E-state index is 12.5. The largest absolute Gasteiger partial charge is 0.491 e. The smallest absolute Gasteiger partial charge is 0.229 e. The predicted octanol–water partition coefficient (Wildman–Crippen LogP) is 4.12. The first-order chi connectivity index (χ1) is 12.4. The van der Waals surface area contributed by atoms with E-state index >= 15 is 0 Å². The maximum atomic E-state index is 12.5. The van der Waals surface area contributed by atoms with Gasteiger partial charge in [-0.05, 0) is 62.4 Å². The summed E-state index contributed by atoms with van der Waals surface area (Å²) in [6.45, 7) is 4.28. The van der Waals surface area contributed by atoms with Crippen molar-refractivity contribution in [2.24, 2.45) is 5.92 Å². The first kappa shape index (κ1) is 18.3. The minimum atomic E-state index is -0.384. The zero-order valence-electron chi connectivity index (χ0n) is 14.7. The highest BCUT2D eigenvalue weighted by Gasteiger charge is 2.35. The molecule has 6 heteroatoms. The molecule has 3 rings (SSSR count). The van der Waals surface area contributed by atoms with Crippen LogP contribution in [0.25, 0.3) is 0 Å². The van der Waals surface area contributed by atoms with E-state index in [1.807, 2.05) is 26.0 Å². The Morgan fingerprint density at radius 3 is 2.42 bits per heavy atom. The van der Waals surface area contributed by atoms with Crippen LogP contribution in [0.5, 0.6) is 5.75 Å². The first-order valence-electron chi connectivity index (χ1n) is 8.56. The second kappa shape index (κ2) is 7.79. The van der Waals surface area contributed by atoms with Crippen molar-refractivity contribution in [1.82, 2.24) is 0 Å². The lowest BCUT2D eigenvalue weighted by molar-refractivity contribution is -0.122. The molecule has 2 amide bonds. The maximum Gasteiger partial charge on any atom is 0.229 e. The van der Waals surface area contributed by atoms with Gasteiger partial charge in [-0.15, -0.1) is 0 Å². The summed E-state index contributed by atoms with van der Waals surface area (Å²) in [5, 5.41) is 3.48. The molecular weight excluding hydrogens is 352 g/mol. The molecule has 1 aliphatic rings. The van der Waals surface area contributed by atoms with Gasteiger partial charge in [0, 0.05) is 29.4 Å². The summed E-state index contributed by atoms with van der Waals surface area (Å²) in [5.74, 6) is 0.147. The van der Waals surface area contributed by atoms with Crippen LogP contribution in [0.2, 0.25) is 5.02 Å². The average Bonchev–Trinajstić information content (AvgIpc) is 2.99. The highest BCUT2D eigenvalue weighted by Crippen LogP contribution is 2.27. The first-order valence-corrected chi connectivity index (χ1v) is 8.93. The van der Waals surface area contributed by atoms with Gasteiger partial charge in [-0.25, -0.2) is 0 Å². The van der Waals surface area contributed by atoms with Gasteiger partial charge in [0.2, 0.25) is 11.8 Å². The normalized spacial score (nSPS) is 16.8. The Morgan fingerprint density at radius 2 is 1.81 bits per heavy atom. The summed E-state index contributed by atoms with van der Waals surface area (Å²) >= 11 is 5.89. The lowest BCUT2D eigenvalue weighted by atomic mass is 10.1. The number of carbonyl (C=O) groups excluding carboxylic acids is 2. The van der Waals surface area contributed by atoms with Crippen molar-refractivity contribution in [3.63, 3.8) is 0 Å². The molecule has 1 atom stereocenters. The molecule has 0 radical (unpaired) electrons. The van der Waals surface area contributed by atoms with Gasteiger partial charge < -0.3 is 15.0 Å². The number of benzene rings is 2. The van der Waals surface area contributed by atoms with E-state index in [0.29, 0.717) is 17.3 Å². The van der Waals surface area contributed by atoms with Crippen LogP contribution in [-0.2, 0) is 9.59 Å². The van der Waals surface area contributed by atoms with Crippen molar-refractivity contribution in [2.75, 3.05) is 16.8 Å². The van der Waals surface area contributed by atoms with Crippen molar-refractivity contribution in [1.29, 1.82) is 0 Å². The minimum absolute atomic E-state index is 0.0619. The predicted molar refractivity (Wildman–Crippen MR) is 103 cm³/mol. The fourth-order valence-electron chi connectivity index (χ4n) is 2.89. The average molecular weight is 373 g/mol. The fraction of sp³-hybridized carbons (Fsp3) is 0.300. The lowest BCUT2D eigenvalue weighted by Crippen LogP contribution is -2.28. The highest BCUT2D eigenvalue weighted by molar-refractivity contribution is 6.30. The van der Waals surface area contributed by atoms with E-state index in [0.717, 1.165) is 11.4 Å². The van der Waals surface area contributed by atoms with Crippen molar-refractivity contribution in [3.8, 4) is 5.75 Å². The van der Waals surface area contributed by atoms with Gasteiger partial charge >= 0.3 is 0 Å². The van der Waals surface area contributed by atoms with Crippen molar-refractivity contribution in [2.45, 2.75) is 26.4 Å². The number of anilines is 2. The van der Waals surface area contributed by atoms with Crippen LogP contribution >= 0.6 is 11.6 Å². The Kier molecular flexibility index (Phi) is 5.47. The standard InChI is InChI=1S/C20H21ClN2O3/c1-13(2)26-18-9-5-16(6-10-18)22-20(25)14-11-19(24)23(12-14)17-7-3-15(21)4-8-17/h3-10,13-14H,11-12H2,1-2H3,(H,22,25)/t14-/m1/s1. The van der Waals surface area contributed by atoms with Crippen LogP contribution in [0.1, 0.15) is 20.3 Å². The van der Waals surface area contributed by atoms with Gasteiger partial charge in [-0.2, -0.15) is 0 Å². The Hall–Kier alpha value is -2.53. The fourth-order valence-corrected chi connectivity index (χ4v) is 3.01. The van der Waals surface area contributed by atoms with Crippen LogP contribution < -0.4 is 15.0 Å². The Bertz CT molecular complexity index is 788. The summed E-state index contributed by atoms with van der Waals surface area (Å²) in [6.07, 6.45) is 0.294. The van der Waals surface area contributed by atoms with Gasteiger partial charge in [0.25, 0.3) is 0 Å². The lowest BCUT2D eigenvalue weighted by Gasteiger charge is -2.17. The number of halogens is 1. The van der Waals surface area contributed by atoms with Crippen LogP contribution in [0, 0.1) is 5.92 Å². The Morgan fingerprint density at radius 1 is 1.15 bits per heavy atom. The third kappa shape index (κ3) is 4.35. The number of nitrogens with zero attached hydrogens (tertiary/aromatic N) is 1. The van der Waals surface area contributed by atoms with Crippen molar-refractivity contribution in [3.05, 3.63) is 53.6 Å². The molecular formula is C20H21ClN2O3. The van der Waals surface area contributed by atoms with E-state index in [1.54, 1.807) is 41.3 Å². The van der Waals surface area contributed by atoms with Crippen molar-refractivity contribution < 1.29 is 14.3 Å². The van der Waals surface area contributed by atoms with E-state index in [4.69, 9.17) is 16.3 Å². The number of hydrogen-bond donors (Lipinski definition) is 1. The molecule has 136 valence electrons. The molecule has 0 saturated carbocycles. The zero-order valence-corrected chi connectivity index (χ0v) is 15.5. The molecule has 0 aliphatic carbocycles. The molecule has 0 bridgehead atoms. The second-order valence-corrected chi connectivity index (χ2v) is 7.00. The van der Waals surface area contributed by atoms with Crippen LogP contribution in [0.15, 0.2) is 48.5 Å². The van der Waals surface area contributed by atoms with E-state index in [2.05, 4.69) is 5.32 Å². The quantitative estimate of drug-likeness (QED) is 0.858. The third-order valence-corrected chi connectivity index (χ3v) is 4.38. The molecule has 0 spiro atoms. The summed E-state index contributed by atoms with van der Waals surface area (Å²) in [4.78, 5) is 26.4. The molecule has 26 heavy (non-hydrogen) atoms. The zero-order chi connectivity index (χ0) is 18.7. The van der Waals surface area contributed by atoms with Crippen LogP contribution in [-0.4, -0.2) is 24.5 Å². The summed E-state index contributed by atoms with van der Waals surface area (Å²) < 4.78 is 5.59. The Balaban J connectivity index is 1.62. The molecule has 0 aromatic heterocycles. The number of nitrogens with one attached hydrogen (secondary N) is 1. The summed E-state index contributed by atoms with van der Waals surface area (Å²) in [5.41, 5.74) is 1.44. The minimum Gasteiger partial charge on any atom is -0.491 e. The van der Waals surface area contributed by atoms with Gasteiger partial charge in [-0.3, -0.25) is 9.59 Å². The monoisotopic (exact) mass is 372 g/mol. The van der Waals surface area contributed by atoms with Gasteiger partial charge in [0.15, 0.2) is 0 Å². The second-order valence-electron chi connectivity index (χ2n) is 6.56. The molecule has 1 saturated heterocycles. The molecule has 1 N–H and O–H groups in total. The summed E-state index contributed by atoms with van der Waals surface area (Å²) in [7, 11) is 0. The molecule has 0 unspecified atom stereocenters. The third-order valence-electron chi connectivity index (χ3n) is 4.13. The van der Waals surface area contributed by atoms with E-state index < -0.39 is 0 Å². The summed E-state index contributed by atoms with van der Waals surface area (Å²) in [6, 6.07) is 14.3. The van der Waals surface area contributed by atoms with Gasteiger partial charge in [0.05, 0.1) is 12.0 Å². The van der Waals surface area contributed by atoms with E-state index in [9.17, 15) is 9.59 Å². The SMILES string of the molecule is CC(C)Oc1ccc(NC(=O)[C@@H]2CC(=O)N(c3ccc(Cl)cc3)C2)cc1. The number of hydrogen-bond acceptors (Lipinski definition) is 3. The molecule has 2 aromatic carbocycles. The topological polar surface area (TPSA) is 58.6 Å². The van der Waals surface area contributed by atoms with E-state index in [1.165, 1.54) is 0 Å². The molecule has 2 aromatic rings. The molecule has 5 nitrogen and oxygen atoms in total. The number of amides is 2. The molecule has 1 heterocycles. The van der Waals surface area contributed by atoms with E-state index in [-0.39, 0.29) is 30.3 Å². The van der Waals surface area contributed by atoms with Crippen LogP contribution in [0.3, 0.4) is 0 Å². The van der Waals surface area contributed by atoms with Gasteiger partial charge in [0.1, 0.15) is 5.75 Å². The number of rotatable bonds is 5. The van der Waals surface area contributed by atoms with Crippen molar-refractivity contribution >= 4 is 34.8 Å². The molecule has 1 aliphatic heterocycles. The van der Waals surface area contributed by atoms with Crippen LogP contribution in [0.4, 0.5) is 11.4 Å². The van der Waals surface area contributed by atoms with Gasteiger partial charge in [-0.1, -0.05) is 11.6 Å². The Labute approximate surface area is 157 Å².